The van der Waals surface area contributed by atoms with Crippen LogP contribution in [0.4, 0.5) is 0 Å². The topological polar surface area (TPSA) is 155 Å². The molecular formula is C70H119O11P. The highest BCUT2D eigenvalue weighted by Crippen LogP contribution is 2.43. The Morgan fingerprint density at radius 2 is 0.634 bits per heavy atom. The molecule has 2 N–H and O–H groups in total. The van der Waals surface area contributed by atoms with Gasteiger partial charge in [-0.2, -0.15) is 0 Å². The summed E-state index contributed by atoms with van der Waals surface area (Å²) in [7, 11) is -4.77. The van der Waals surface area contributed by atoms with Crippen LogP contribution in [0.1, 0.15) is 278 Å². The summed E-state index contributed by atoms with van der Waals surface area (Å²) < 4.78 is 39.7. The van der Waals surface area contributed by atoms with Gasteiger partial charge in [-0.3, -0.25) is 23.4 Å². The van der Waals surface area contributed by atoms with Gasteiger partial charge in [0.15, 0.2) is 6.10 Å². The number of esters is 3. The van der Waals surface area contributed by atoms with Gasteiger partial charge in [-0.1, -0.05) is 239 Å². The van der Waals surface area contributed by atoms with Crippen LogP contribution < -0.4 is 0 Å². The maximum absolute atomic E-state index is 13.0. The second kappa shape index (κ2) is 63.2. The molecule has 82 heavy (non-hydrogen) atoms. The molecule has 0 aliphatic heterocycles. The maximum Gasteiger partial charge on any atom is 0.472 e. The van der Waals surface area contributed by atoms with Crippen molar-refractivity contribution in [3.05, 3.63) is 109 Å². The normalized spacial score (nSPS) is 14.0. The lowest BCUT2D eigenvalue weighted by Crippen LogP contribution is -2.30. The maximum atomic E-state index is 13.0. The van der Waals surface area contributed by atoms with Gasteiger partial charge in [-0.15, -0.1) is 0 Å². The van der Waals surface area contributed by atoms with Crippen molar-refractivity contribution in [2.45, 2.75) is 290 Å². The molecule has 11 nitrogen and oxygen atoms in total. The Hall–Kier alpha value is -3.86. The molecule has 0 aromatic rings. The predicted octanol–water partition coefficient (Wildman–Crippen LogP) is 20.1. The van der Waals surface area contributed by atoms with Crippen LogP contribution in [-0.2, 0) is 42.2 Å². The van der Waals surface area contributed by atoms with Crippen LogP contribution in [0.3, 0.4) is 0 Å². The fourth-order valence-corrected chi connectivity index (χ4v) is 9.46. The first-order valence-corrected chi connectivity index (χ1v) is 34.3. The molecule has 470 valence electrons. The summed E-state index contributed by atoms with van der Waals surface area (Å²) in [6, 6.07) is 0. The molecule has 0 amide bonds. The molecule has 3 unspecified atom stereocenters. The molecule has 0 bridgehead atoms. The van der Waals surface area contributed by atoms with E-state index in [0.29, 0.717) is 19.3 Å². The van der Waals surface area contributed by atoms with Crippen LogP contribution in [0.2, 0.25) is 0 Å². The zero-order valence-corrected chi connectivity index (χ0v) is 53.1. The summed E-state index contributed by atoms with van der Waals surface area (Å²) in [5, 5.41) is 9.86. The van der Waals surface area contributed by atoms with E-state index in [4.69, 9.17) is 23.3 Å². The Bertz CT molecular complexity index is 1790. The second-order valence-electron chi connectivity index (χ2n) is 21.5. The molecule has 0 saturated heterocycles. The average Bonchev–Trinajstić information content (AvgIpc) is 3.49. The number of ether oxygens (including phenoxy) is 3. The fraction of sp³-hybridized carbons (Fsp3) is 0.700. The zero-order valence-electron chi connectivity index (χ0n) is 52.2. The Morgan fingerprint density at radius 1 is 0.354 bits per heavy atom. The summed E-state index contributed by atoms with van der Waals surface area (Å²) in [5.74, 6) is -1.51. The average molecular weight is 1170 g/mol. The van der Waals surface area contributed by atoms with E-state index in [1.54, 1.807) is 0 Å². The van der Waals surface area contributed by atoms with Crippen molar-refractivity contribution in [1.29, 1.82) is 0 Å². The molecule has 0 aromatic heterocycles. The third-order valence-electron chi connectivity index (χ3n) is 13.6. The van der Waals surface area contributed by atoms with E-state index in [1.165, 1.54) is 83.5 Å². The lowest BCUT2D eigenvalue weighted by atomic mass is 10.1. The van der Waals surface area contributed by atoms with E-state index >= 15 is 0 Å². The van der Waals surface area contributed by atoms with Gasteiger partial charge in [0, 0.05) is 19.3 Å². The number of carbonyl (C=O) groups excluding carboxylic acids is 3. The minimum atomic E-state index is -4.77. The molecular weight excluding hydrogens is 1050 g/mol. The van der Waals surface area contributed by atoms with Crippen molar-refractivity contribution < 1.29 is 52.2 Å². The number of hydrogen-bond donors (Lipinski definition) is 2. The Morgan fingerprint density at radius 3 is 0.976 bits per heavy atom. The summed E-state index contributed by atoms with van der Waals surface area (Å²) >= 11 is 0. The largest absolute Gasteiger partial charge is 0.472 e. The molecule has 0 spiro atoms. The standard InChI is InChI=1S/C70H119O11P/c1-4-7-10-13-16-19-22-25-28-31-33-36-38-41-44-47-50-53-56-59-68(72)77-63-67(81-70(74)61-58-55-52-49-46-43-40-37-34-32-29-26-23-20-17-14-11-8-5-2)65-79-82(75,76)78-64-66(62-71)80-69(73)60-57-54-51-48-45-42-39-35-30-27-24-21-18-15-12-9-6-3/h9,12,16-21,25-30,34,37,39,42,66-67,71H,4-8,10-11,13-15,22-24,31-33,35-36,38,40-41,43-65H2,1-3H3,(H,75,76)/b12-9-,19-16-,20-17-,21-18-,28-25-,29-26-,30-27-,37-34-,42-39-. The Balaban J connectivity index is 4.76. The number of hydrogen-bond acceptors (Lipinski definition) is 10. The predicted molar refractivity (Wildman–Crippen MR) is 343 cm³/mol. The van der Waals surface area contributed by atoms with Crippen molar-refractivity contribution in [1.82, 2.24) is 0 Å². The number of unbranched alkanes of at least 4 members (excludes halogenated alkanes) is 25. The number of carbonyl (C=O) groups is 3. The van der Waals surface area contributed by atoms with E-state index < -0.39 is 57.8 Å². The highest BCUT2D eigenvalue weighted by molar-refractivity contribution is 7.47. The van der Waals surface area contributed by atoms with Crippen molar-refractivity contribution in [3.8, 4) is 0 Å². The number of rotatable bonds is 60. The molecule has 0 saturated carbocycles. The number of phosphoric acid groups is 1. The van der Waals surface area contributed by atoms with Gasteiger partial charge in [0.2, 0.25) is 0 Å². The van der Waals surface area contributed by atoms with E-state index in [-0.39, 0.29) is 25.9 Å². The monoisotopic (exact) mass is 1170 g/mol. The highest BCUT2D eigenvalue weighted by atomic mass is 31.2. The van der Waals surface area contributed by atoms with Gasteiger partial charge in [-0.05, 0) is 128 Å². The van der Waals surface area contributed by atoms with Crippen LogP contribution in [0.5, 0.6) is 0 Å². The summed E-state index contributed by atoms with van der Waals surface area (Å²) in [4.78, 5) is 48.8. The number of phosphoric ester groups is 1. The van der Waals surface area contributed by atoms with Crippen LogP contribution >= 0.6 is 7.82 Å². The summed E-state index contributed by atoms with van der Waals surface area (Å²) in [5.41, 5.74) is 0. The first kappa shape index (κ1) is 78.1. The lowest BCUT2D eigenvalue weighted by Gasteiger charge is -2.21. The van der Waals surface area contributed by atoms with E-state index in [2.05, 4.69) is 130 Å². The molecule has 0 aromatic carbocycles. The van der Waals surface area contributed by atoms with Gasteiger partial charge in [0.25, 0.3) is 0 Å². The van der Waals surface area contributed by atoms with Gasteiger partial charge >= 0.3 is 25.7 Å². The number of aliphatic hydroxyl groups is 1. The van der Waals surface area contributed by atoms with Crippen LogP contribution in [0.25, 0.3) is 0 Å². The molecule has 0 fully saturated rings. The van der Waals surface area contributed by atoms with E-state index in [1.807, 2.05) is 0 Å². The molecule has 0 radical (unpaired) electrons. The van der Waals surface area contributed by atoms with Gasteiger partial charge in [0.1, 0.15) is 12.7 Å². The van der Waals surface area contributed by atoms with Crippen molar-refractivity contribution in [2.75, 3.05) is 26.4 Å². The van der Waals surface area contributed by atoms with Crippen molar-refractivity contribution >= 4 is 25.7 Å². The first-order chi connectivity index (χ1) is 40.2. The molecule has 0 rings (SSSR count). The van der Waals surface area contributed by atoms with Crippen molar-refractivity contribution in [2.24, 2.45) is 0 Å². The molecule has 0 aliphatic rings. The van der Waals surface area contributed by atoms with Gasteiger partial charge in [-0.25, -0.2) is 4.57 Å². The molecule has 0 aliphatic carbocycles. The molecule has 3 atom stereocenters. The van der Waals surface area contributed by atoms with E-state index in [0.717, 1.165) is 135 Å². The quantitative estimate of drug-likeness (QED) is 0.0197. The minimum Gasteiger partial charge on any atom is -0.462 e. The third-order valence-corrected chi connectivity index (χ3v) is 14.6. The Kier molecular flexibility index (Phi) is 60.2. The highest BCUT2D eigenvalue weighted by Gasteiger charge is 2.28. The van der Waals surface area contributed by atoms with Crippen LogP contribution in [-0.4, -0.2) is 66.5 Å². The number of allylic oxidation sites excluding steroid dienone is 18. The van der Waals surface area contributed by atoms with E-state index in [9.17, 15) is 28.9 Å². The summed E-state index contributed by atoms with van der Waals surface area (Å²) in [6.07, 6.45) is 77.4. The van der Waals surface area contributed by atoms with Crippen LogP contribution in [0, 0.1) is 0 Å². The third kappa shape index (κ3) is 60.7. The molecule has 0 heterocycles. The summed E-state index contributed by atoms with van der Waals surface area (Å²) in [6.45, 7) is 4.46. The smallest absolute Gasteiger partial charge is 0.462 e. The zero-order chi connectivity index (χ0) is 59.8. The number of aliphatic hydroxyl groups excluding tert-OH is 1. The molecule has 12 heteroatoms. The minimum absolute atomic E-state index is 0.143. The Labute approximate surface area is 501 Å². The van der Waals surface area contributed by atoms with Gasteiger partial charge < -0.3 is 24.2 Å². The van der Waals surface area contributed by atoms with Crippen molar-refractivity contribution in [3.63, 3.8) is 0 Å². The van der Waals surface area contributed by atoms with Gasteiger partial charge in [0.05, 0.1) is 19.8 Å². The fourth-order valence-electron chi connectivity index (χ4n) is 8.68. The SMILES string of the molecule is CC/C=C\C/C=C\C/C=C\C/C=C\CCCCCCC(=O)OC(CO)COP(=O)(O)OCC(COC(=O)CCCCCCCCCCC/C=C\C/C=C\CCCCC)OC(=O)CCCCCCCC/C=C\C/C=C\C/C=C\CCCCC. The lowest BCUT2D eigenvalue weighted by molar-refractivity contribution is -0.161. The first-order valence-electron chi connectivity index (χ1n) is 32.8. The second-order valence-corrected chi connectivity index (χ2v) is 23.0. The van der Waals surface area contributed by atoms with Crippen LogP contribution in [0.15, 0.2) is 109 Å².